The Hall–Kier alpha value is -2.95. The fraction of sp³-hybridized carbons (Fsp3) is 0.412. The van der Waals surface area contributed by atoms with Crippen molar-refractivity contribution in [3.8, 4) is 0 Å². The van der Waals surface area contributed by atoms with E-state index in [-0.39, 0.29) is 5.65 Å². The van der Waals surface area contributed by atoms with E-state index in [1.807, 2.05) is 12.1 Å². The zero-order chi connectivity index (χ0) is 19.7. The lowest BCUT2D eigenvalue weighted by molar-refractivity contribution is -0.146. The molecular formula is C17H19F3N8. The number of likely N-dealkylation sites (N-methyl/N-ethyl adjacent to an activating group) is 1. The van der Waals surface area contributed by atoms with Crippen LogP contribution in [0.3, 0.4) is 0 Å². The largest absolute Gasteiger partial charge is 0.453 e. The van der Waals surface area contributed by atoms with Crippen LogP contribution in [0.15, 0.2) is 30.5 Å². The molecule has 3 aromatic heterocycles. The molecule has 11 heteroatoms. The number of nitrogens with zero attached hydrogens (tertiary/aromatic N) is 7. The summed E-state index contributed by atoms with van der Waals surface area (Å²) in [5.41, 5.74) is 0.940. The summed E-state index contributed by atoms with van der Waals surface area (Å²) in [6.07, 6.45) is -2.85. The monoisotopic (exact) mass is 392 g/mol. The van der Waals surface area contributed by atoms with E-state index in [1.165, 1.54) is 6.07 Å². The third kappa shape index (κ3) is 3.84. The number of piperazine rings is 1. The predicted molar refractivity (Wildman–Crippen MR) is 97.1 cm³/mol. The van der Waals surface area contributed by atoms with Gasteiger partial charge in [-0.05, 0) is 30.8 Å². The van der Waals surface area contributed by atoms with E-state index >= 15 is 0 Å². The van der Waals surface area contributed by atoms with Crippen LogP contribution in [0.25, 0.3) is 5.65 Å². The van der Waals surface area contributed by atoms with E-state index in [4.69, 9.17) is 0 Å². The first-order chi connectivity index (χ1) is 13.4. The lowest BCUT2D eigenvalue weighted by Crippen LogP contribution is -2.44. The van der Waals surface area contributed by atoms with Gasteiger partial charge in [-0.15, -0.1) is 15.3 Å². The van der Waals surface area contributed by atoms with Crippen molar-refractivity contribution in [2.45, 2.75) is 12.7 Å². The normalized spacial score (nSPS) is 15.9. The standard InChI is InChI=1S/C17H19F3N8/c1-26-6-8-27(9-7-26)14-4-2-12(11-22-14)10-21-13-3-5-15-23-24-16(17(18,19)20)28(15)25-13/h2-5,11H,6-10H2,1H3,(H,21,25). The van der Waals surface area contributed by atoms with E-state index < -0.39 is 12.0 Å². The van der Waals surface area contributed by atoms with Crippen LogP contribution in [0, 0.1) is 0 Å². The van der Waals surface area contributed by atoms with Gasteiger partial charge in [0.1, 0.15) is 11.6 Å². The number of rotatable bonds is 4. The maximum atomic E-state index is 12.9. The smallest absolute Gasteiger partial charge is 0.364 e. The van der Waals surface area contributed by atoms with E-state index in [9.17, 15) is 13.2 Å². The Bertz CT molecular complexity index is 945. The molecule has 0 aliphatic carbocycles. The van der Waals surface area contributed by atoms with Crippen LogP contribution >= 0.6 is 0 Å². The highest BCUT2D eigenvalue weighted by Gasteiger charge is 2.37. The molecule has 28 heavy (non-hydrogen) atoms. The van der Waals surface area contributed by atoms with Crippen LogP contribution in [-0.2, 0) is 12.7 Å². The van der Waals surface area contributed by atoms with Gasteiger partial charge >= 0.3 is 6.18 Å². The molecule has 0 unspecified atom stereocenters. The van der Waals surface area contributed by atoms with Crippen LogP contribution in [0.1, 0.15) is 11.4 Å². The van der Waals surface area contributed by atoms with Gasteiger partial charge in [0.25, 0.3) is 5.82 Å². The predicted octanol–water partition coefficient (Wildman–Crippen LogP) is 1.90. The molecule has 1 fully saturated rings. The van der Waals surface area contributed by atoms with Crippen molar-refractivity contribution < 1.29 is 13.2 Å². The molecule has 3 aromatic rings. The van der Waals surface area contributed by atoms with Gasteiger partial charge in [0.15, 0.2) is 5.65 Å². The fourth-order valence-corrected chi connectivity index (χ4v) is 3.00. The summed E-state index contributed by atoms with van der Waals surface area (Å²) in [6.45, 7) is 4.26. The molecule has 0 atom stereocenters. The molecule has 4 heterocycles. The van der Waals surface area contributed by atoms with Gasteiger partial charge in [0.2, 0.25) is 0 Å². The summed E-state index contributed by atoms with van der Waals surface area (Å²) >= 11 is 0. The van der Waals surface area contributed by atoms with E-state index in [0.717, 1.165) is 37.6 Å². The van der Waals surface area contributed by atoms with Crippen LogP contribution in [0.2, 0.25) is 0 Å². The van der Waals surface area contributed by atoms with Crippen LogP contribution in [0.4, 0.5) is 24.8 Å². The van der Waals surface area contributed by atoms with Crippen LogP contribution in [-0.4, -0.2) is 62.9 Å². The molecule has 1 N–H and O–H groups in total. The minimum atomic E-state index is -4.62. The van der Waals surface area contributed by atoms with Crippen molar-refractivity contribution in [3.05, 3.63) is 41.9 Å². The van der Waals surface area contributed by atoms with E-state index in [0.29, 0.717) is 16.9 Å². The first-order valence-electron chi connectivity index (χ1n) is 8.82. The Kier molecular flexibility index (Phi) is 4.75. The van der Waals surface area contributed by atoms with Crippen molar-refractivity contribution in [3.63, 3.8) is 0 Å². The molecule has 1 aliphatic heterocycles. The number of anilines is 2. The Morgan fingerprint density at radius 3 is 2.50 bits per heavy atom. The number of nitrogens with one attached hydrogen (secondary N) is 1. The lowest BCUT2D eigenvalue weighted by atomic mass is 10.2. The second-order valence-electron chi connectivity index (χ2n) is 6.68. The summed E-state index contributed by atoms with van der Waals surface area (Å²) in [5, 5.41) is 13.6. The number of halogens is 3. The summed E-state index contributed by atoms with van der Waals surface area (Å²) in [4.78, 5) is 9.01. The Labute approximate surface area is 159 Å². The fourth-order valence-electron chi connectivity index (χ4n) is 3.00. The van der Waals surface area contributed by atoms with Crippen molar-refractivity contribution >= 4 is 17.3 Å². The molecule has 8 nitrogen and oxygen atoms in total. The highest BCUT2D eigenvalue weighted by molar-refractivity contribution is 5.45. The lowest BCUT2D eigenvalue weighted by Gasteiger charge is -2.33. The average molecular weight is 392 g/mol. The minimum absolute atomic E-state index is 0.0380. The van der Waals surface area contributed by atoms with Crippen molar-refractivity contribution in [1.29, 1.82) is 0 Å². The van der Waals surface area contributed by atoms with Gasteiger partial charge in [-0.1, -0.05) is 6.07 Å². The molecule has 0 amide bonds. The Morgan fingerprint density at radius 1 is 1.04 bits per heavy atom. The molecule has 0 spiro atoms. The molecule has 0 radical (unpaired) electrons. The van der Waals surface area contributed by atoms with Gasteiger partial charge in [-0.25, -0.2) is 4.98 Å². The van der Waals surface area contributed by atoms with Gasteiger partial charge < -0.3 is 15.1 Å². The number of alkyl halides is 3. The van der Waals surface area contributed by atoms with Crippen LogP contribution in [0.5, 0.6) is 0 Å². The molecule has 0 saturated carbocycles. The van der Waals surface area contributed by atoms with Crippen molar-refractivity contribution in [1.82, 2.24) is 29.7 Å². The SMILES string of the molecule is CN1CCN(c2ccc(CNc3ccc4nnc(C(F)(F)F)n4n3)cn2)CC1. The topological polar surface area (TPSA) is 74.5 Å². The van der Waals surface area contributed by atoms with Gasteiger partial charge in [0.05, 0.1) is 0 Å². The first kappa shape index (κ1) is 18.4. The van der Waals surface area contributed by atoms with Gasteiger partial charge in [0, 0.05) is 38.9 Å². The summed E-state index contributed by atoms with van der Waals surface area (Å²) < 4.78 is 39.5. The zero-order valence-corrected chi connectivity index (χ0v) is 15.2. The number of fused-ring (bicyclic) bond motifs is 1. The third-order valence-corrected chi connectivity index (χ3v) is 4.63. The summed E-state index contributed by atoms with van der Waals surface area (Å²) in [5.74, 6) is 0.0704. The highest BCUT2D eigenvalue weighted by Crippen LogP contribution is 2.27. The zero-order valence-electron chi connectivity index (χ0n) is 15.2. The number of pyridine rings is 1. The second-order valence-corrected chi connectivity index (χ2v) is 6.68. The number of aromatic nitrogens is 5. The number of hydrogen-bond donors (Lipinski definition) is 1. The Balaban J connectivity index is 1.43. The highest BCUT2D eigenvalue weighted by atomic mass is 19.4. The maximum absolute atomic E-state index is 12.9. The molecule has 1 saturated heterocycles. The average Bonchev–Trinajstić information content (AvgIpc) is 3.11. The van der Waals surface area contributed by atoms with Crippen LogP contribution < -0.4 is 10.2 Å². The molecule has 4 rings (SSSR count). The van der Waals surface area contributed by atoms with Crippen molar-refractivity contribution in [2.75, 3.05) is 43.4 Å². The third-order valence-electron chi connectivity index (χ3n) is 4.63. The van der Waals surface area contributed by atoms with Gasteiger partial charge in [-0.3, -0.25) is 0 Å². The number of hydrogen-bond acceptors (Lipinski definition) is 7. The second kappa shape index (κ2) is 7.23. The quantitative estimate of drug-likeness (QED) is 0.727. The molecular weight excluding hydrogens is 373 g/mol. The molecule has 0 aromatic carbocycles. The maximum Gasteiger partial charge on any atom is 0.453 e. The van der Waals surface area contributed by atoms with E-state index in [2.05, 4.69) is 42.4 Å². The molecule has 0 bridgehead atoms. The van der Waals surface area contributed by atoms with Gasteiger partial charge in [-0.2, -0.15) is 17.7 Å². The molecule has 1 aliphatic rings. The minimum Gasteiger partial charge on any atom is -0.364 e. The summed E-state index contributed by atoms with van der Waals surface area (Å²) in [6, 6.07) is 6.91. The molecule has 148 valence electrons. The first-order valence-corrected chi connectivity index (χ1v) is 8.82. The summed E-state index contributed by atoms with van der Waals surface area (Å²) in [7, 11) is 2.10. The van der Waals surface area contributed by atoms with Crippen molar-refractivity contribution in [2.24, 2.45) is 0 Å². The Morgan fingerprint density at radius 2 is 1.82 bits per heavy atom. The van der Waals surface area contributed by atoms with E-state index in [1.54, 1.807) is 12.3 Å².